The summed E-state index contributed by atoms with van der Waals surface area (Å²) in [7, 11) is 0. The first kappa shape index (κ1) is 18.2. The van der Waals surface area contributed by atoms with E-state index in [1.807, 2.05) is 11.0 Å². The number of piperazine rings is 1. The number of carbonyl (C=O) groups is 1. The second-order valence-electron chi connectivity index (χ2n) is 5.37. The van der Waals surface area contributed by atoms with Crippen LogP contribution in [0.1, 0.15) is 12.5 Å². The first-order valence-electron chi connectivity index (χ1n) is 6.94. The minimum atomic E-state index is 0. The van der Waals surface area contributed by atoms with Crippen LogP contribution in [0.15, 0.2) is 18.3 Å². The lowest BCUT2D eigenvalue weighted by Gasteiger charge is -2.32. The molecule has 21 heavy (non-hydrogen) atoms. The van der Waals surface area contributed by atoms with Gasteiger partial charge in [-0.2, -0.15) is 0 Å². The third-order valence-electron chi connectivity index (χ3n) is 3.84. The van der Waals surface area contributed by atoms with E-state index in [0.717, 1.165) is 38.4 Å². The maximum Gasteiger partial charge on any atom is 0.242 e. The second-order valence-corrected chi connectivity index (χ2v) is 5.37. The molecule has 0 aliphatic carbocycles. The van der Waals surface area contributed by atoms with E-state index in [2.05, 4.69) is 28.2 Å². The summed E-state index contributed by atoms with van der Waals surface area (Å²) in [5.41, 5.74) is 1.18. The number of anilines is 1. The van der Waals surface area contributed by atoms with Crippen molar-refractivity contribution in [2.75, 3.05) is 37.6 Å². The predicted octanol–water partition coefficient (Wildman–Crippen LogP) is 1.11. The molecule has 3 rings (SSSR count). The number of nitrogens with zero attached hydrogens (tertiary/aromatic N) is 3. The number of amides is 1. The summed E-state index contributed by atoms with van der Waals surface area (Å²) >= 11 is 0. The molecular weight excluding hydrogens is 311 g/mol. The van der Waals surface area contributed by atoms with Crippen LogP contribution in [0.25, 0.3) is 0 Å². The lowest BCUT2D eigenvalue weighted by atomic mass is 10.2. The number of carbonyl (C=O) groups excluding carboxylic acids is 1. The summed E-state index contributed by atoms with van der Waals surface area (Å²) in [5, 5.41) is 3.39. The largest absolute Gasteiger partial charge is 0.312 e. The van der Waals surface area contributed by atoms with Crippen LogP contribution in [0.5, 0.6) is 0 Å². The van der Waals surface area contributed by atoms with Crippen LogP contribution in [0.2, 0.25) is 0 Å². The third kappa shape index (κ3) is 4.07. The molecule has 1 atom stereocenters. The molecule has 3 heterocycles. The van der Waals surface area contributed by atoms with Crippen LogP contribution < -0.4 is 10.2 Å². The van der Waals surface area contributed by atoms with Gasteiger partial charge in [-0.1, -0.05) is 6.07 Å². The van der Waals surface area contributed by atoms with Crippen molar-refractivity contribution in [1.29, 1.82) is 0 Å². The summed E-state index contributed by atoms with van der Waals surface area (Å²) in [6, 6.07) is 4.46. The van der Waals surface area contributed by atoms with Gasteiger partial charge in [0.05, 0.1) is 6.54 Å². The summed E-state index contributed by atoms with van der Waals surface area (Å²) in [4.78, 5) is 20.8. The molecule has 0 bridgehead atoms. The molecule has 0 aromatic carbocycles. The Kier molecular flexibility index (Phi) is 6.87. The van der Waals surface area contributed by atoms with Crippen molar-refractivity contribution in [3.8, 4) is 0 Å². The molecule has 1 aromatic rings. The van der Waals surface area contributed by atoms with E-state index in [-0.39, 0.29) is 30.7 Å². The average Bonchev–Trinajstić information content (AvgIpc) is 2.82. The number of nitrogens with one attached hydrogen (secondary N) is 1. The molecule has 0 radical (unpaired) electrons. The number of hydrogen-bond donors (Lipinski definition) is 1. The number of fused-ring (bicyclic) bond motifs is 1. The molecule has 0 spiro atoms. The molecule has 5 nitrogen and oxygen atoms in total. The van der Waals surface area contributed by atoms with Gasteiger partial charge >= 0.3 is 0 Å². The minimum Gasteiger partial charge on any atom is -0.312 e. The SMILES string of the molecule is CC1CN(CC(=O)N2CCc3cccnc32)CCN1.Cl.Cl. The molecular formula is C14H22Cl2N4O. The second kappa shape index (κ2) is 7.94. The van der Waals surface area contributed by atoms with E-state index in [1.54, 1.807) is 6.20 Å². The smallest absolute Gasteiger partial charge is 0.242 e. The zero-order valence-electron chi connectivity index (χ0n) is 12.1. The highest BCUT2D eigenvalue weighted by molar-refractivity contribution is 5.95. The Hall–Kier alpha value is -0.880. The first-order valence-corrected chi connectivity index (χ1v) is 6.94. The van der Waals surface area contributed by atoms with Crippen LogP contribution in [-0.2, 0) is 11.2 Å². The molecule has 1 amide bonds. The maximum atomic E-state index is 12.4. The molecule has 7 heteroatoms. The zero-order valence-corrected chi connectivity index (χ0v) is 13.8. The molecule has 1 aromatic heterocycles. The minimum absolute atomic E-state index is 0. The van der Waals surface area contributed by atoms with Crippen LogP contribution in [0.4, 0.5) is 5.82 Å². The Morgan fingerprint density at radius 2 is 2.24 bits per heavy atom. The van der Waals surface area contributed by atoms with Crippen LogP contribution in [0, 0.1) is 0 Å². The Morgan fingerprint density at radius 3 is 3.00 bits per heavy atom. The predicted molar refractivity (Wildman–Crippen MR) is 88.7 cm³/mol. The fourth-order valence-electron chi connectivity index (χ4n) is 2.88. The first-order chi connectivity index (χ1) is 9.24. The Morgan fingerprint density at radius 1 is 1.43 bits per heavy atom. The van der Waals surface area contributed by atoms with Gasteiger partial charge in [0, 0.05) is 38.4 Å². The van der Waals surface area contributed by atoms with E-state index in [0.29, 0.717) is 12.6 Å². The van der Waals surface area contributed by atoms with Gasteiger partial charge in [-0.15, -0.1) is 24.8 Å². The van der Waals surface area contributed by atoms with Gasteiger partial charge in [-0.25, -0.2) is 4.98 Å². The summed E-state index contributed by atoms with van der Waals surface area (Å²) < 4.78 is 0. The van der Waals surface area contributed by atoms with Gasteiger partial charge in [-0.3, -0.25) is 14.6 Å². The van der Waals surface area contributed by atoms with Gasteiger partial charge in [0.25, 0.3) is 0 Å². The molecule has 2 aliphatic heterocycles. The zero-order chi connectivity index (χ0) is 13.2. The number of rotatable bonds is 2. The summed E-state index contributed by atoms with van der Waals surface area (Å²) in [5.74, 6) is 1.03. The highest BCUT2D eigenvalue weighted by Gasteiger charge is 2.27. The quantitative estimate of drug-likeness (QED) is 0.881. The van der Waals surface area contributed by atoms with Crippen molar-refractivity contribution in [2.24, 2.45) is 0 Å². The van der Waals surface area contributed by atoms with Crippen molar-refractivity contribution >= 4 is 36.5 Å². The van der Waals surface area contributed by atoms with Crippen LogP contribution in [-0.4, -0.2) is 54.6 Å². The van der Waals surface area contributed by atoms with Gasteiger partial charge in [0.2, 0.25) is 5.91 Å². The molecule has 1 unspecified atom stereocenters. The van der Waals surface area contributed by atoms with E-state index in [9.17, 15) is 4.79 Å². The van der Waals surface area contributed by atoms with E-state index >= 15 is 0 Å². The molecule has 1 fully saturated rings. The van der Waals surface area contributed by atoms with Crippen molar-refractivity contribution in [1.82, 2.24) is 15.2 Å². The lowest BCUT2D eigenvalue weighted by Crippen LogP contribution is -2.52. The highest BCUT2D eigenvalue weighted by atomic mass is 35.5. The average molecular weight is 333 g/mol. The van der Waals surface area contributed by atoms with Gasteiger partial charge in [-0.05, 0) is 25.0 Å². The number of aromatic nitrogens is 1. The molecule has 1 saturated heterocycles. The van der Waals surface area contributed by atoms with Crippen molar-refractivity contribution in [3.05, 3.63) is 23.9 Å². The number of hydrogen-bond acceptors (Lipinski definition) is 4. The molecule has 1 N–H and O–H groups in total. The Labute approximate surface area is 137 Å². The number of pyridine rings is 1. The van der Waals surface area contributed by atoms with Crippen LogP contribution >= 0.6 is 24.8 Å². The van der Waals surface area contributed by atoms with Crippen LogP contribution in [0.3, 0.4) is 0 Å². The summed E-state index contributed by atoms with van der Waals surface area (Å²) in [6.45, 7) is 6.27. The van der Waals surface area contributed by atoms with E-state index in [1.165, 1.54) is 5.56 Å². The van der Waals surface area contributed by atoms with Gasteiger partial charge in [0.15, 0.2) is 0 Å². The standard InChI is InChI=1S/C14H20N4O.2ClH/c1-11-9-17(8-6-15-11)10-13(19)18-7-4-12-3-2-5-16-14(12)18;;/h2-3,5,11,15H,4,6-10H2,1H3;2*1H. The van der Waals surface area contributed by atoms with Crippen molar-refractivity contribution < 1.29 is 4.79 Å². The van der Waals surface area contributed by atoms with Gasteiger partial charge in [0.1, 0.15) is 5.82 Å². The van der Waals surface area contributed by atoms with Gasteiger partial charge < -0.3 is 5.32 Å². The number of halogens is 2. The fourth-order valence-corrected chi connectivity index (χ4v) is 2.88. The Bertz CT molecular complexity index is 486. The van der Waals surface area contributed by atoms with E-state index in [4.69, 9.17) is 0 Å². The van der Waals surface area contributed by atoms with E-state index < -0.39 is 0 Å². The topological polar surface area (TPSA) is 48.5 Å². The van der Waals surface area contributed by atoms with Crippen molar-refractivity contribution in [3.63, 3.8) is 0 Å². The Balaban J connectivity index is 0.00000110. The van der Waals surface area contributed by atoms with Crippen molar-refractivity contribution in [2.45, 2.75) is 19.4 Å². The molecule has 0 saturated carbocycles. The maximum absolute atomic E-state index is 12.4. The molecule has 2 aliphatic rings. The fraction of sp³-hybridized carbons (Fsp3) is 0.571. The normalized spacial score (nSPS) is 21.2. The summed E-state index contributed by atoms with van der Waals surface area (Å²) in [6.07, 6.45) is 2.68. The lowest BCUT2D eigenvalue weighted by molar-refractivity contribution is -0.119. The monoisotopic (exact) mass is 332 g/mol. The third-order valence-corrected chi connectivity index (χ3v) is 3.84. The highest BCUT2D eigenvalue weighted by Crippen LogP contribution is 2.24. The molecule has 118 valence electrons.